The highest BCUT2D eigenvalue weighted by Crippen LogP contribution is 2.30. The second kappa shape index (κ2) is 9.16. The van der Waals surface area contributed by atoms with E-state index in [1.807, 2.05) is 6.92 Å². The predicted octanol–water partition coefficient (Wildman–Crippen LogP) is 5.51. The lowest BCUT2D eigenvalue weighted by Gasteiger charge is -2.23. The molecule has 0 radical (unpaired) electrons. The topological polar surface area (TPSA) is 54.4 Å². The summed E-state index contributed by atoms with van der Waals surface area (Å²) in [6.45, 7) is 6.43. The van der Waals surface area contributed by atoms with E-state index in [0.717, 1.165) is 36.8 Å². The molecule has 0 heterocycles. The van der Waals surface area contributed by atoms with Gasteiger partial charge in [-0.1, -0.05) is 47.6 Å². The van der Waals surface area contributed by atoms with Crippen LogP contribution in [-0.2, 0) is 16.5 Å². The third kappa shape index (κ3) is 7.79. The normalized spacial score (nSPS) is 12.9. The molecule has 0 amide bonds. The molecule has 0 aliphatic heterocycles. The molecule has 6 heteroatoms. The van der Waals surface area contributed by atoms with Crippen LogP contribution in [0.5, 0.6) is 0 Å². The molecule has 1 rings (SSSR count). The molecule has 0 fully saturated rings. The highest BCUT2D eigenvalue weighted by Gasteiger charge is 2.16. The second-order valence-electron chi connectivity index (χ2n) is 6.42. The first kappa shape index (κ1) is 20.6. The Hall–Kier alpha value is -0.430. The zero-order valence-corrected chi connectivity index (χ0v) is 16.7. The molecule has 0 saturated heterocycles. The average molecular weight is 375 g/mol. The van der Waals surface area contributed by atoms with Crippen molar-refractivity contribution in [2.75, 3.05) is 6.26 Å². The lowest BCUT2D eigenvalue weighted by molar-refractivity contribution is 0.330. The molecule has 0 saturated carbocycles. The second-order valence-corrected chi connectivity index (χ2v) is 10.2. The fraction of sp³-hybridized carbons (Fsp3) is 0.529. The molecule has 0 bridgehead atoms. The van der Waals surface area contributed by atoms with Crippen molar-refractivity contribution in [1.29, 1.82) is 0 Å². The van der Waals surface area contributed by atoms with Crippen LogP contribution in [0.2, 0.25) is 0 Å². The van der Waals surface area contributed by atoms with Gasteiger partial charge < -0.3 is 0 Å². The van der Waals surface area contributed by atoms with Crippen LogP contribution in [0.4, 0.5) is 0 Å². The average Bonchev–Trinajstić information content (AvgIpc) is 2.44. The summed E-state index contributed by atoms with van der Waals surface area (Å²) < 4.78 is 31.3. The summed E-state index contributed by atoms with van der Waals surface area (Å²) in [6.07, 6.45) is 8.44. The number of rotatable bonds is 9. The predicted molar refractivity (Wildman–Crippen MR) is 103 cm³/mol. The van der Waals surface area contributed by atoms with Gasteiger partial charge in [-0.25, -0.2) is 0 Å². The van der Waals surface area contributed by atoms with Gasteiger partial charge in [0, 0.05) is 0 Å². The Balaban J connectivity index is 2.55. The summed E-state index contributed by atoms with van der Waals surface area (Å²) in [5.74, 6) is 0. The lowest BCUT2D eigenvalue weighted by Crippen LogP contribution is -2.10. The van der Waals surface area contributed by atoms with Crippen molar-refractivity contribution in [3.63, 3.8) is 0 Å². The standard InChI is InChI=1S/C17H26O3S3/c1-14-13-16(23(18,19)20)9-8-15(14)7-5-10-17(2,3)11-6-12-22-21-4/h6,8-9,12-13H,5,7,10-11H2,1-4H3,(H,18,19,20). The first-order chi connectivity index (χ1) is 10.7. The van der Waals surface area contributed by atoms with Crippen molar-refractivity contribution >= 4 is 31.7 Å². The zero-order valence-electron chi connectivity index (χ0n) is 14.2. The van der Waals surface area contributed by atoms with Crippen molar-refractivity contribution in [3.8, 4) is 0 Å². The maximum atomic E-state index is 11.1. The smallest absolute Gasteiger partial charge is 0.282 e. The van der Waals surface area contributed by atoms with Crippen molar-refractivity contribution < 1.29 is 13.0 Å². The van der Waals surface area contributed by atoms with E-state index in [-0.39, 0.29) is 10.3 Å². The first-order valence-electron chi connectivity index (χ1n) is 7.57. The van der Waals surface area contributed by atoms with Crippen LogP contribution >= 0.6 is 21.6 Å². The number of aryl methyl sites for hydroxylation is 2. The minimum atomic E-state index is -4.11. The van der Waals surface area contributed by atoms with Gasteiger partial charge in [0.1, 0.15) is 0 Å². The summed E-state index contributed by atoms with van der Waals surface area (Å²) in [5.41, 5.74) is 2.31. The van der Waals surface area contributed by atoms with Crippen LogP contribution in [0.15, 0.2) is 34.6 Å². The van der Waals surface area contributed by atoms with Gasteiger partial charge in [-0.15, -0.1) is 0 Å². The Labute approximate surface area is 148 Å². The van der Waals surface area contributed by atoms with Crippen molar-refractivity contribution in [3.05, 3.63) is 40.8 Å². The maximum Gasteiger partial charge on any atom is 0.294 e. The number of allylic oxidation sites excluding steroid dienone is 1. The monoisotopic (exact) mass is 374 g/mol. The molecule has 130 valence electrons. The SMILES string of the molecule is CSSC=CCC(C)(C)CCCc1ccc(S(=O)(=O)O)cc1C. The highest BCUT2D eigenvalue weighted by molar-refractivity contribution is 8.77. The molecule has 0 aliphatic carbocycles. The molecule has 0 spiro atoms. The van der Waals surface area contributed by atoms with E-state index in [1.54, 1.807) is 27.7 Å². The Bertz CT molecular complexity index is 634. The van der Waals surface area contributed by atoms with Crippen LogP contribution in [0.3, 0.4) is 0 Å². The van der Waals surface area contributed by atoms with Crippen molar-refractivity contribution in [1.82, 2.24) is 0 Å². The molecule has 0 aromatic heterocycles. The van der Waals surface area contributed by atoms with E-state index in [9.17, 15) is 8.42 Å². The first-order valence-corrected chi connectivity index (χ1v) is 11.6. The van der Waals surface area contributed by atoms with Crippen molar-refractivity contribution in [2.24, 2.45) is 5.41 Å². The molecule has 3 nitrogen and oxygen atoms in total. The Morgan fingerprint density at radius 3 is 2.57 bits per heavy atom. The molecular weight excluding hydrogens is 348 g/mol. The number of hydrogen-bond donors (Lipinski definition) is 1. The van der Waals surface area contributed by atoms with Crippen LogP contribution in [0.1, 0.15) is 44.2 Å². The lowest BCUT2D eigenvalue weighted by atomic mass is 9.83. The third-order valence-corrected chi connectivity index (χ3v) is 6.09. The van der Waals surface area contributed by atoms with Crippen LogP contribution < -0.4 is 0 Å². The molecule has 0 atom stereocenters. The van der Waals surface area contributed by atoms with Crippen LogP contribution in [-0.4, -0.2) is 19.2 Å². The molecule has 1 N–H and O–H groups in total. The molecule has 1 aromatic carbocycles. The number of hydrogen-bond acceptors (Lipinski definition) is 4. The Kier molecular flexibility index (Phi) is 8.21. The van der Waals surface area contributed by atoms with Gasteiger partial charge >= 0.3 is 0 Å². The maximum absolute atomic E-state index is 11.1. The molecule has 23 heavy (non-hydrogen) atoms. The van der Waals surface area contributed by atoms with Gasteiger partial charge in [-0.3, -0.25) is 4.55 Å². The van der Waals surface area contributed by atoms with E-state index in [1.165, 1.54) is 12.1 Å². The minimum Gasteiger partial charge on any atom is -0.282 e. The highest BCUT2D eigenvalue weighted by atomic mass is 33.1. The fourth-order valence-electron chi connectivity index (χ4n) is 2.43. The summed E-state index contributed by atoms with van der Waals surface area (Å²) in [4.78, 5) is -0.0319. The van der Waals surface area contributed by atoms with Gasteiger partial charge in [0.05, 0.1) is 4.90 Å². The minimum absolute atomic E-state index is 0.0319. The van der Waals surface area contributed by atoms with Crippen LogP contribution in [0.25, 0.3) is 0 Å². The quantitative estimate of drug-likeness (QED) is 0.456. The Morgan fingerprint density at radius 1 is 1.30 bits per heavy atom. The third-order valence-electron chi connectivity index (χ3n) is 3.83. The van der Waals surface area contributed by atoms with E-state index in [4.69, 9.17) is 4.55 Å². The number of benzene rings is 1. The van der Waals surface area contributed by atoms with Gasteiger partial charge in [-0.2, -0.15) is 8.42 Å². The summed E-state index contributed by atoms with van der Waals surface area (Å²) >= 11 is 0. The largest absolute Gasteiger partial charge is 0.294 e. The van der Waals surface area contributed by atoms with Gasteiger partial charge in [0.25, 0.3) is 10.1 Å². The summed E-state index contributed by atoms with van der Waals surface area (Å²) in [7, 11) is -0.630. The summed E-state index contributed by atoms with van der Waals surface area (Å²) in [5, 5.41) is 2.14. The van der Waals surface area contributed by atoms with E-state index in [2.05, 4.69) is 31.6 Å². The molecular formula is C17H26O3S3. The zero-order chi connectivity index (χ0) is 17.5. The van der Waals surface area contributed by atoms with E-state index in [0.29, 0.717) is 0 Å². The summed E-state index contributed by atoms with van der Waals surface area (Å²) in [6, 6.07) is 4.82. The van der Waals surface area contributed by atoms with Gasteiger partial charge in [0.2, 0.25) is 0 Å². The molecule has 1 aromatic rings. The van der Waals surface area contributed by atoms with Crippen molar-refractivity contribution in [2.45, 2.75) is 51.3 Å². The van der Waals surface area contributed by atoms with E-state index < -0.39 is 10.1 Å². The fourth-order valence-corrected chi connectivity index (χ4v) is 3.85. The van der Waals surface area contributed by atoms with Gasteiger partial charge in [0.15, 0.2) is 0 Å². The van der Waals surface area contributed by atoms with Gasteiger partial charge in [-0.05, 0) is 72.9 Å². The molecule has 0 unspecified atom stereocenters. The molecule has 0 aliphatic rings. The van der Waals surface area contributed by atoms with Crippen LogP contribution in [0, 0.1) is 12.3 Å². The van der Waals surface area contributed by atoms with E-state index >= 15 is 0 Å². The Morgan fingerprint density at radius 2 is 2.00 bits per heavy atom.